The molecule has 0 unspecified atom stereocenters. The highest BCUT2D eigenvalue weighted by Gasteiger charge is 2.22. The van der Waals surface area contributed by atoms with E-state index in [0.29, 0.717) is 28.2 Å². The lowest BCUT2D eigenvalue weighted by Crippen LogP contribution is -1.97. The third kappa shape index (κ3) is 4.62. The lowest BCUT2D eigenvalue weighted by molar-refractivity contribution is 0.342. The summed E-state index contributed by atoms with van der Waals surface area (Å²) in [6, 6.07) is 13.1. The number of ether oxygens (including phenoxy) is 3. The molecule has 0 radical (unpaired) electrons. The zero-order valence-electron chi connectivity index (χ0n) is 17.6. The van der Waals surface area contributed by atoms with Crippen molar-refractivity contribution in [3.8, 4) is 68.6 Å². The van der Waals surface area contributed by atoms with Gasteiger partial charge in [0.2, 0.25) is 0 Å². The van der Waals surface area contributed by atoms with Gasteiger partial charge in [-0.05, 0) is 41.5 Å². The van der Waals surface area contributed by atoms with Gasteiger partial charge in [-0.15, -0.1) is 5.92 Å². The molecule has 3 N–H and O–H groups in total. The molecule has 0 aliphatic heterocycles. The standard InChI is InChI=1S/C25H24O6/c1-4-5-6-13-31-21-12-9-17(14-20(21)27)23-22(29-2)15-19(25(30-3)24(23)28)16-7-10-18(26)11-8-16/h7-12,14-15,26-28H,4,13H2,1-3H3. The summed E-state index contributed by atoms with van der Waals surface area (Å²) in [5.41, 5.74) is 2.22. The summed E-state index contributed by atoms with van der Waals surface area (Å²) in [5.74, 6) is 6.59. The van der Waals surface area contributed by atoms with Crippen molar-refractivity contribution in [2.75, 3.05) is 20.8 Å². The van der Waals surface area contributed by atoms with Crippen LogP contribution >= 0.6 is 0 Å². The molecular formula is C25H24O6. The van der Waals surface area contributed by atoms with Crippen molar-refractivity contribution in [2.24, 2.45) is 0 Å². The van der Waals surface area contributed by atoms with Gasteiger partial charge >= 0.3 is 0 Å². The topological polar surface area (TPSA) is 88.4 Å². The molecule has 0 aliphatic carbocycles. The molecule has 0 fully saturated rings. The number of methoxy groups -OCH3 is 2. The Bertz CT molecular complexity index is 1120. The molecule has 6 nitrogen and oxygen atoms in total. The van der Waals surface area contributed by atoms with Crippen LogP contribution in [-0.4, -0.2) is 36.1 Å². The van der Waals surface area contributed by atoms with Crippen LogP contribution in [0.1, 0.15) is 13.3 Å². The van der Waals surface area contributed by atoms with Crippen molar-refractivity contribution >= 4 is 0 Å². The smallest absolute Gasteiger partial charge is 0.170 e. The summed E-state index contributed by atoms with van der Waals surface area (Å²) >= 11 is 0. The van der Waals surface area contributed by atoms with Crippen molar-refractivity contribution < 1.29 is 29.5 Å². The van der Waals surface area contributed by atoms with Gasteiger partial charge in [-0.2, -0.15) is 0 Å². The molecule has 0 spiro atoms. The van der Waals surface area contributed by atoms with Crippen LogP contribution in [0.4, 0.5) is 0 Å². The Morgan fingerprint density at radius 2 is 1.52 bits per heavy atom. The summed E-state index contributed by atoms with van der Waals surface area (Å²) in [5, 5.41) is 31.0. The molecule has 3 aromatic carbocycles. The zero-order chi connectivity index (χ0) is 22.4. The molecule has 0 bridgehead atoms. The summed E-state index contributed by atoms with van der Waals surface area (Å²) in [6.45, 7) is 2.12. The van der Waals surface area contributed by atoms with Crippen molar-refractivity contribution in [2.45, 2.75) is 13.3 Å². The average Bonchev–Trinajstić information content (AvgIpc) is 2.77. The fourth-order valence-electron chi connectivity index (χ4n) is 3.21. The van der Waals surface area contributed by atoms with Gasteiger partial charge in [-0.3, -0.25) is 0 Å². The summed E-state index contributed by atoms with van der Waals surface area (Å²) in [6.07, 6.45) is 0.731. The van der Waals surface area contributed by atoms with E-state index in [9.17, 15) is 15.3 Å². The Labute approximate surface area is 181 Å². The van der Waals surface area contributed by atoms with E-state index < -0.39 is 0 Å². The monoisotopic (exact) mass is 420 g/mol. The Hall–Kier alpha value is -3.98. The van der Waals surface area contributed by atoms with E-state index in [1.807, 2.05) is 6.92 Å². The Kier molecular flexibility index (Phi) is 6.78. The Morgan fingerprint density at radius 3 is 2.13 bits per heavy atom. The van der Waals surface area contributed by atoms with Crippen molar-refractivity contribution in [3.63, 3.8) is 0 Å². The maximum Gasteiger partial charge on any atom is 0.170 e. The second-order valence-corrected chi connectivity index (χ2v) is 6.61. The first-order chi connectivity index (χ1) is 15.0. The molecule has 3 aromatic rings. The molecule has 3 rings (SSSR count). The molecule has 0 saturated heterocycles. The largest absolute Gasteiger partial charge is 0.508 e. The van der Waals surface area contributed by atoms with Gasteiger partial charge < -0.3 is 29.5 Å². The average molecular weight is 420 g/mol. The molecule has 160 valence electrons. The van der Waals surface area contributed by atoms with Gasteiger partial charge in [0.1, 0.15) is 18.1 Å². The van der Waals surface area contributed by atoms with Gasteiger partial charge in [0.05, 0.1) is 19.8 Å². The van der Waals surface area contributed by atoms with Crippen molar-refractivity contribution in [1.82, 2.24) is 0 Å². The fraction of sp³-hybridized carbons (Fsp3) is 0.200. The first kappa shape index (κ1) is 21.7. The van der Waals surface area contributed by atoms with Crippen LogP contribution in [0.2, 0.25) is 0 Å². The molecule has 0 aliphatic rings. The minimum absolute atomic E-state index is 0.0844. The summed E-state index contributed by atoms with van der Waals surface area (Å²) in [4.78, 5) is 0. The summed E-state index contributed by atoms with van der Waals surface area (Å²) < 4.78 is 16.5. The van der Waals surface area contributed by atoms with E-state index in [0.717, 1.165) is 12.0 Å². The van der Waals surface area contributed by atoms with Gasteiger partial charge in [0, 0.05) is 12.0 Å². The number of phenolic OH excluding ortho intramolecular Hbond substituents is 3. The third-order valence-corrected chi connectivity index (χ3v) is 4.67. The van der Waals surface area contributed by atoms with Crippen LogP contribution in [0, 0.1) is 11.8 Å². The molecule has 0 saturated carbocycles. The van der Waals surface area contributed by atoms with Gasteiger partial charge in [-0.1, -0.05) is 31.0 Å². The van der Waals surface area contributed by atoms with Crippen LogP contribution in [0.15, 0.2) is 48.5 Å². The van der Waals surface area contributed by atoms with Gasteiger partial charge in [-0.25, -0.2) is 0 Å². The van der Waals surface area contributed by atoms with E-state index in [4.69, 9.17) is 14.2 Å². The SMILES string of the molecule is CCC#CCOc1ccc(-c2c(OC)cc(-c3ccc(O)cc3)c(OC)c2O)cc1O. The molecule has 6 heteroatoms. The van der Waals surface area contributed by atoms with E-state index >= 15 is 0 Å². The van der Waals surface area contributed by atoms with E-state index in [1.165, 1.54) is 20.3 Å². The Balaban J connectivity index is 2.07. The minimum atomic E-state index is -0.133. The lowest BCUT2D eigenvalue weighted by Gasteiger charge is -2.18. The van der Waals surface area contributed by atoms with Crippen molar-refractivity contribution in [1.29, 1.82) is 0 Å². The predicted molar refractivity (Wildman–Crippen MR) is 119 cm³/mol. The fourth-order valence-corrected chi connectivity index (χ4v) is 3.21. The maximum atomic E-state index is 11.0. The number of aromatic hydroxyl groups is 3. The second-order valence-electron chi connectivity index (χ2n) is 6.61. The van der Waals surface area contributed by atoms with E-state index in [2.05, 4.69) is 11.8 Å². The van der Waals surface area contributed by atoms with Crippen LogP contribution in [0.25, 0.3) is 22.3 Å². The molecule has 31 heavy (non-hydrogen) atoms. The summed E-state index contributed by atoms with van der Waals surface area (Å²) in [7, 11) is 2.95. The van der Waals surface area contributed by atoms with Gasteiger partial charge in [0.15, 0.2) is 23.0 Å². The molecule has 0 heterocycles. The normalized spacial score (nSPS) is 10.2. The Morgan fingerprint density at radius 1 is 0.806 bits per heavy atom. The predicted octanol–water partition coefficient (Wildman–Crippen LogP) is 4.95. The highest BCUT2D eigenvalue weighted by Crippen LogP contribution is 2.50. The van der Waals surface area contributed by atoms with Crippen LogP contribution in [0.3, 0.4) is 0 Å². The first-order valence-electron chi connectivity index (χ1n) is 9.69. The number of benzene rings is 3. The van der Waals surface area contributed by atoms with Crippen LogP contribution < -0.4 is 14.2 Å². The van der Waals surface area contributed by atoms with Crippen LogP contribution in [-0.2, 0) is 0 Å². The second kappa shape index (κ2) is 9.68. The number of hydrogen-bond acceptors (Lipinski definition) is 6. The third-order valence-electron chi connectivity index (χ3n) is 4.67. The number of phenols is 3. The quantitative estimate of drug-likeness (QED) is 0.489. The van der Waals surface area contributed by atoms with Crippen LogP contribution in [0.5, 0.6) is 34.5 Å². The van der Waals surface area contributed by atoms with E-state index in [-0.39, 0.29) is 29.6 Å². The van der Waals surface area contributed by atoms with Gasteiger partial charge in [0.25, 0.3) is 0 Å². The highest BCUT2D eigenvalue weighted by molar-refractivity contribution is 5.88. The first-order valence-corrected chi connectivity index (χ1v) is 9.69. The van der Waals surface area contributed by atoms with Crippen molar-refractivity contribution in [3.05, 3.63) is 48.5 Å². The minimum Gasteiger partial charge on any atom is -0.508 e. The molecule has 0 aromatic heterocycles. The highest BCUT2D eigenvalue weighted by atomic mass is 16.5. The van der Waals surface area contributed by atoms with E-state index in [1.54, 1.807) is 42.5 Å². The lowest BCUT2D eigenvalue weighted by atomic mass is 9.96. The maximum absolute atomic E-state index is 11.0. The number of rotatable bonds is 6. The zero-order valence-corrected chi connectivity index (χ0v) is 17.6. The molecular weight excluding hydrogens is 396 g/mol. The number of hydrogen-bond donors (Lipinski definition) is 3. The molecule has 0 atom stereocenters. The molecule has 0 amide bonds.